The molecule has 0 saturated heterocycles. The van der Waals surface area contributed by atoms with Gasteiger partial charge in [0.15, 0.2) is 5.84 Å². The minimum absolute atomic E-state index is 0.287. The van der Waals surface area contributed by atoms with Gasteiger partial charge in [-0.15, -0.1) is 0 Å². The van der Waals surface area contributed by atoms with E-state index in [2.05, 4.69) is 26.3 Å². The molecule has 0 spiro atoms. The van der Waals surface area contributed by atoms with Crippen LogP contribution in [-0.2, 0) is 18.7 Å². The fourth-order valence-corrected chi connectivity index (χ4v) is 4.00. The van der Waals surface area contributed by atoms with Crippen LogP contribution in [0.2, 0.25) is 0 Å². The molecule has 166 valence electrons. The Labute approximate surface area is 186 Å². The number of aliphatic imine (C=N–C) groups is 1. The number of amidine groups is 1. The number of para-hydroxylation sites is 1. The van der Waals surface area contributed by atoms with Crippen molar-refractivity contribution in [3.8, 4) is 0 Å². The van der Waals surface area contributed by atoms with Gasteiger partial charge in [0.2, 0.25) is 0 Å². The molecule has 2 N–H and O–H groups in total. The van der Waals surface area contributed by atoms with Crippen LogP contribution < -0.4 is 5.32 Å². The first-order chi connectivity index (χ1) is 15.0. The van der Waals surface area contributed by atoms with E-state index in [1.807, 2.05) is 50.6 Å². The van der Waals surface area contributed by atoms with Crippen molar-refractivity contribution in [3.05, 3.63) is 69.8 Å². The molecule has 2 aromatic heterocycles. The molecule has 0 aliphatic rings. The number of furan rings is 1. The highest BCUT2D eigenvalue weighted by Crippen LogP contribution is 2.18. The third-order valence-electron chi connectivity index (χ3n) is 4.65. The monoisotopic (exact) mass is 443 g/mol. The van der Waals surface area contributed by atoms with Crippen LogP contribution >= 0.6 is 11.8 Å². The predicted molar refractivity (Wildman–Crippen MR) is 126 cm³/mol. The summed E-state index contributed by atoms with van der Waals surface area (Å²) in [5.41, 5.74) is 2.28. The van der Waals surface area contributed by atoms with Crippen LogP contribution in [0.5, 0.6) is 0 Å². The van der Waals surface area contributed by atoms with Crippen LogP contribution in [0.4, 0.5) is 0 Å². The largest absolute Gasteiger partial charge is 0.464 e. The molecule has 1 aromatic carbocycles. The highest BCUT2D eigenvalue weighted by Gasteiger charge is 2.09. The van der Waals surface area contributed by atoms with E-state index in [0.29, 0.717) is 18.9 Å². The summed E-state index contributed by atoms with van der Waals surface area (Å²) < 4.78 is 5.79. The van der Waals surface area contributed by atoms with Crippen LogP contribution in [0.1, 0.15) is 17.1 Å². The molecule has 0 amide bonds. The van der Waals surface area contributed by atoms with E-state index in [9.17, 15) is 10.1 Å². The molecular formula is C22H29N5O3S. The van der Waals surface area contributed by atoms with Gasteiger partial charge in [-0.2, -0.15) is 11.8 Å². The smallest absolute Gasteiger partial charge is 0.259 e. The summed E-state index contributed by atoms with van der Waals surface area (Å²) in [6.45, 7) is 1.62. The van der Waals surface area contributed by atoms with E-state index in [0.717, 1.165) is 41.5 Å². The summed E-state index contributed by atoms with van der Waals surface area (Å²) in [6.07, 6.45) is 2.76. The zero-order valence-electron chi connectivity index (χ0n) is 18.0. The number of fused-ring (bicyclic) bond motifs is 1. The molecular weight excluding hydrogens is 414 g/mol. The van der Waals surface area contributed by atoms with Gasteiger partial charge in [0.1, 0.15) is 11.5 Å². The molecule has 0 aliphatic heterocycles. The molecule has 0 radical (unpaired) electrons. The molecule has 8 nitrogen and oxygen atoms in total. The lowest BCUT2D eigenvalue weighted by molar-refractivity contribution is -0.463. The van der Waals surface area contributed by atoms with Crippen molar-refractivity contribution in [3.63, 3.8) is 0 Å². The standard InChI is InChI=1S/C22H29N5O3S/c1-26(2)14-18-7-8-19(30-18)16-31-12-11-24-22(15-27(28)29)23-10-9-17-13-25-21-6-4-3-5-20(17)21/h3-8,13,25H,9-12,14-16H2,1-2H3,(H,23,24). The Morgan fingerprint density at radius 2 is 2.06 bits per heavy atom. The minimum atomic E-state index is -0.347. The van der Waals surface area contributed by atoms with E-state index in [1.54, 1.807) is 11.8 Å². The molecule has 9 heteroatoms. The number of aromatic nitrogens is 1. The SMILES string of the molecule is CN(C)Cc1ccc(CSCCN=C(C[N+](=O)[O-])NCCc2c[nH]c3ccccc23)o1. The van der Waals surface area contributed by atoms with Crippen molar-refractivity contribution in [2.45, 2.75) is 18.7 Å². The summed E-state index contributed by atoms with van der Waals surface area (Å²) in [4.78, 5) is 20.4. The lowest BCUT2D eigenvalue weighted by Crippen LogP contribution is -2.32. The normalized spacial score (nSPS) is 12.0. The van der Waals surface area contributed by atoms with Crippen molar-refractivity contribution in [2.75, 3.05) is 39.5 Å². The average molecular weight is 444 g/mol. The Bertz CT molecular complexity index is 1010. The zero-order chi connectivity index (χ0) is 22.1. The fraction of sp³-hybridized carbons (Fsp3) is 0.409. The molecule has 0 aliphatic carbocycles. The second kappa shape index (κ2) is 11.6. The average Bonchev–Trinajstić information content (AvgIpc) is 3.33. The molecule has 3 aromatic rings. The summed E-state index contributed by atoms with van der Waals surface area (Å²) >= 11 is 1.71. The number of rotatable bonds is 12. The third-order valence-corrected chi connectivity index (χ3v) is 5.61. The zero-order valence-corrected chi connectivity index (χ0v) is 18.8. The number of nitrogens with one attached hydrogen (secondary N) is 2. The third kappa shape index (κ3) is 7.45. The van der Waals surface area contributed by atoms with Gasteiger partial charge >= 0.3 is 0 Å². The minimum Gasteiger partial charge on any atom is -0.464 e. The van der Waals surface area contributed by atoms with Gasteiger partial charge in [0.25, 0.3) is 6.54 Å². The first-order valence-electron chi connectivity index (χ1n) is 10.3. The van der Waals surface area contributed by atoms with Crippen molar-refractivity contribution in [2.24, 2.45) is 4.99 Å². The van der Waals surface area contributed by atoms with Gasteiger partial charge in [0.05, 0.1) is 18.8 Å². The maximum Gasteiger partial charge on any atom is 0.259 e. The first kappa shape index (κ1) is 22.9. The van der Waals surface area contributed by atoms with Crippen LogP contribution in [0.25, 0.3) is 10.9 Å². The van der Waals surface area contributed by atoms with Crippen molar-refractivity contribution in [1.82, 2.24) is 15.2 Å². The van der Waals surface area contributed by atoms with E-state index in [-0.39, 0.29) is 11.5 Å². The van der Waals surface area contributed by atoms with Crippen LogP contribution in [0.15, 0.2) is 52.0 Å². The van der Waals surface area contributed by atoms with Crippen molar-refractivity contribution < 1.29 is 9.34 Å². The van der Waals surface area contributed by atoms with Gasteiger partial charge < -0.3 is 19.6 Å². The second-order valence-corrected chi connectivity index (χ2v) is 8.62. The molecule has 0 unspecified atom stereocenters. The van der Waals surface area contributed by atoms with Crippen molar-refractivity contribution in [1.29, 1.82) is 0 Å². The van der Waals surface area contributed by atoms with Crippen LogP contribution in [0, 0.1) is 10.1 Å². The molecule has 31 heavy (non-hydrogen) atoms. The Hall–Kier alpha value is -2.78. The highest BCUT2D eigenvalue weighted by molar-refractivity contribution is 7.98. The number of aromatic amines is 1. The maximum absolute atomic E-state index is 11.0. The number of H-pyrrole nitrogens is 1. The Kier molecular flexibility index (Phi) is 8.54. The van der Waals surface area contributed by atoms with Crippen LogP contribution in [0.3, 0.4) is 0 Å². The predicted octanol–water partition coefficient (Wildman–Crippen LogP) is 3.56. The van der Waals surface area contributed by atoms with E-state index < -0.39 is 0 Å². The van der Waals surface area contributed by atoms with Gasteiger partial charge in [-0.25, -0.2) is 0 Å². The molecule has 2 heterocycles. The summed E-state index contributed by atoms with van der Waals surface area (Å²) in [7, 11) is 4.01. The molecule has 0 bridgehead atoms. The number of hydrogen-bond donors (Lipinski definition) is 2. The van der Waals surface area contributed by atoms with Gasteiger partial charge in [-0.3, -0.25) is 15.1 Å². The molecule has 0 fully saturated rings. The number of hydrogen-bond acceptors (Lipinski definition) is 6. The lowest BCUT2D eigenvalue weighted by Gasteiger charge is -2.07. The summed E-state index contributed by atoms with van der Waals surface area (Å²) in [5, 5.41) is 15.3. The van der Waals surface area contributed by atoms with Gasteiger partial charge in [0, 0.05) is 34.3 Å². The topological polar surface area (TPSA) is 99.7 Å². The van der Waals surface area contributed by atoms with Crippen molar-refractivity contribution >= 4 is 28.5 Å². The number of thioether (sulfide) groups is 1. The Balaban J connectivity index is 1.43. The number of nitrogens with zero attached hydrogens (tertiary/aromatic N) is 3. The molecule has 3 rings (SSSR count). The second-order valence-electron chi connectivity index (χ2n) is 7.51. The van der Waals surface area contributed by atoms with Gasteiger partial charge in [-0.05, 0) is 44.3 Å². The highest BCUT2D eigenvalue weighted by atomic mass is 32.2. The first-order valence-corrected chi connectivity index (χ1v) is 11.4. The van der Waals surface area contributed by atoms with E-state index >= 15 is 0 Å². The number of benzene rings is 1. The summed E-state index contributed by atoms with van der Waals surface area (Å²) in [6, 6.07) is 12.1. The fourth-order valence-electron chi connectivity index (χ4n) is 3.28. The van der Waals surface area contributed by atoms with E-state index in [4.69, 9.17) is 4.42 Å². The Morgan fingerprint density at radius 1 is 1.26 bits per heavy atom. The maximum atomic E-state index is 11.0. The van der Waals surface area contributed by atoms with Crippen LogP contribution in [-0.4, -0.2) is 60.1 Å². The lowest BCUT2D eigenvalue weighted by atomic mass is 10.1. The number of nitro groups is 1. The molecule has 0 atom stereocenters. The van der Waals surface area contributed by atoms with E-state index in [1.165, 1.54) is 10.9 Å². The Morgan fingerprint density at radius 3 is 2.87 bits per heavy atom. The molecule has 0 saturated carbocycles. The van der Waals surface area contributed by atoms with Gasteiger partial charge in [-0.1, -0.05) is 18.2 Å². The summed E-state index contributed by atoms with van der Waals surface area (Å²) in [5.74, 6) is 3.85. The quantitative estimate of drug-likeness (QED) is 0.146.